The molecular formula is C23H28N2O3S2. The summed E-state index contributed by atoms with van der Waals surface area (Å²) in [7, 11) is 0. The molecule has 3 heterocycles. The van der Waals surface area contributed by atoms with Gasteiger partial charge in [-0.15, -0.1) is 11.8 Å². The molecule has 1 amide bonds. The number of allylic oxidation sites excluding steroid dienone is 1. The van der Waals surface area contributed by atoms with Crippen LogP contribution in [0.5, 0.6) is 0 Å². The fourth-order valence-electron chi connectivity index (χ4n) is 5.20. The van der Waals surface area contributed by atoms with Gasteiger partial charge in [-0.2, -0.15) is 0 Å². The van der Waals surface area contributed by atoms with Crippen LogP contribution in [0.1, 0.15) is 49.0 Å². The third kappa shape index (κ3) is 3.25. The number of β-lactam (4-membered cyclic amide) rings is 1. The topological polar surface area (TPSA) is 60.9 Å². The molecule has 5 atom stereocenters. The van der Waals surface area contributed by atoms with E-state index in [0.717, 1.165) is 43.6 Å². The summed E-state index contributed by atoms with van der Waals surface area (Å²) in [5.74, 6) is 0.0711. The molecule has 1 aromatic carbocycles. The van der Waals surface area contributed by atoms with Crippen molar-refractivity contribution < 1.29 is 14.7 Å². The van der Waals surface area contributed by atoms with Crippen molar-refractivity contribution in [1.82, 2.24) is 9.80 Å². The number of ketones is 1. The molecule has 3 aliphatic heterocycles. The number of Topliss-reactive ketones (excluding diaryl/α,β-unsaturated/α-hetero) is 1. The van der Waals surface area contributed by atoms with E-state index in [2.05, 4.69) is 11.0 Å². The quantitative estimate of drug-likeness (QED) is 0.702. The second-order valence-corrected chi connectivity index (χ2v) is 11.4. The van der Waals surface area contributed by atoms with E-state index in [9.17, 15) is 14.7 Å². The standard InChI is InChI=1S/C23H28N2O3S2/c1-3-18(26)19-21(28)25-13(2)23(30-22(19)25)29-15-10-11-24(12-15)17-9-8-14-6-4-5-7-16(14)20(17)27/h4-7,15,17-19,22,26H,3,8-12H2,1-2H3/t15-,17?,18-,19+,22+/m0/s1. The van der Waals surface area contributed by atoms with Crippen LogP contribution in [0.25, 0.3) is 0 Å². The first-order valence-electron chi connectivity index (χ1n) is 10.9. The monoisotopic (exact) mass is 444 g/mol. The highest BCUT2D eigenvalue weighted by Gasteiger charge is 2.55. The molecule has 2 fully saturated rings. The first-order valence-corrected chi connectivity index (χ1v) is 12.7. The molecule has 5 nitrogen and oxygen atoms in total. The predicted molar refractivity (Wildman–Crippen MR) is 121 cm³/mol. The molecule has 0 spiro atoms. The Balaban J connectivity index is 1.22. The molecule has 1 unspecified atom stereocenters. The number of nitrogens with zero attached hydrogens (tertiary/aromatic N) is 2. The molecule has 1 N–H and O–H groups in total. The van der Waals surface area contributed by atoms with E-state index in [1.165, 1.54) is 9.80 Å². The van der Waals surface area contributed by atoms with E-state index in [1.807, 2.05) is 48.7 Å². The fourth-order valence-corrected chi connectivity index (χ4v) is 8.49. The van der Waals surface area contributed by atoms with Gasteiger partial charge in [-0.1, -0.05) is 43.0 Å². The SMILES string of the molecule is CC[C@H](O)[C@@H]1C(=O)N2C(C)=C(S[C@H]3CCN(C4CCc5ccccc5C4=O)C3)S[C@H]12. The van der Waals surface area contributed by atoms with Crippen molar-refractivity contribution in [2.75, 3.05) is 13.1 Å². The van der Waals surface area contributed by atoms with Gasteiger partial charge in [0.2, 0.25) is 5.91 Å². The number of aliphatic hydroxyl groups excluding tert-OH is 1. The van der Waals surface area contributed by atoms with Crippen LogP contribution in [0.2, 0.25) is 0 Å². The van der Waals surface area contributed by atoms with Gasteiger partial charge in [-0.3, -0.25) is 14.5 Å². The van der Waals surface area contributed by atoms with Gasteiger partial charge in [0.25, 0.3) is 0 Å². The largest absolute Gasteiger partial charge is 0.392 e. The number of hydrogen-bond acceptors (Lipinski definition) is 6. The van der Waals surface area contributed by atoms with Crippen molar-refractivity contribution in [3.05, 3.63) is 45.3 Å². The maximum absolute atomic E-state index is 13.0. The number of benzene rings is 1. The molecule has 0 aromatic heterocycles. The van der Waals surface area contributed by atoms with E-state index in [4.69, 9.17) is 0 Å². The molecule has 0 bridgehead atoms. The Morgan fingerprint density at radius 1 is 1.27 bits per heavy atom. The summed E-state index contributed by atoms with van der Waals surface area (Å²) >= 11 is 3.60. The summed E-state index contributed by atoms with van der Waals surface area (Å²) in [5, 5.41) is 10.7. The molecule has 0 radical (unpaired) electrons. The average molecular weight is 445 g/mol. The van der Waals surface area contributed by atoms with Crippen molar-refractivity contribution >= 4 is 35.2 Å². The second-order valence-electron chi connectivity index (χ2n) is 8.69. The zero-order chi connectivity index (χ0) is 21.0. The second kappa shape index (κ2) is 8.01. The van der Waals surface area contributed by atoms with Gasteiger partial charge in [0.05, 0.1) is 22.3 Å². The number of amides is 1. The van der Waals surface area contributed by atoms with Gasteiger partial charge < -0.3 is 10.0 Å². The Kier molecular flexibility index (Phi) is 5.50. The molecular weight excluding hydrogens is 416 g/mol. The van der Waals surface area contributed by atoms with Gasteiger partial charge in [0.15, 0.2) is 5.78 Å². The van der Waals surface area contributed by atoms with E-state index < -0.39 is 6.10 Å². The van der Waals surface area contributed by atoms with E-state index >= 15 is 0 Å². The van der Waals surface area contributed by atoms with Crippen LogP contribution in [0, 0.1) is 5.92 Å². The number of hydrogen-bond donors (Lipinski definition) is 1. The molecule has 30 heavy (non-hydrogen) atoms. The number of aryl methyl sites for hydroxylation is 1. The molecule has 5 rings (SSSR count). The Bertz CT molecular complexity index is 917. The lowest BCUT2D eigenvalue weighted by atomic mass is 9.86. The summed E-state index contributed by atoms with van der Waals surface area (Å²) in [4.78, 5) is 29.8. The number of aliphatic hydroxyl groups is 1. The molecule has 4 aliphatic rings. The molecule has 7 heteroatoms. The summed E-state index contributed by atoms with van der Waals surface area (Å²) in [6, 6.07) is 8.02. The Morgan fingerprint density at radius 2 is 2.07 bits per heavy atom. The van der Waals surface area contributed by atoms with Crippen molar-refractivity contribution in [3.8, 4) is 0 Å². The smallest absolute Gasteiger partial charge is 0.236 e. The number of rotatable bonds is 5. The lowest BCUT2D eigenvalue weighted by Gasteiger charge is -2.44. The highest BCUT2D eigenvalue weighted by atomic mass is 32.2. The average Bonchev–Trinajstić information content (AvgIpc) is 3.31. The third-order valence-electron chi connectivity index (χ3n) is 6.97. The minimum Gasteiger partial charge on any atom is -0.392 e. The molecule has 160 valence electrons. The van der Waals surface area contributed by atoms with Gasteiger partial charge >= 0.3 is 0 Å². The Labute approximate surface area is 186 Å². The van der Waals surface area contributed by atoms with Gasteiger partial charge in [0.1, 0.15) is 5.37 Å². The molecule has 1 aliphatic carbocycles. The number of fused-ring (bicyclic) bond motifs is 2. The number of carbonyl (C=O) groups is 2. The fraction of sp³-hybridized carbons (Fsp3) is 0.565. The van der Waals surface area contributed by atoms with E-state index in [-0.39, 0.29) is 29.0 Å². The van der Waals surface area contributed by atoms with Crippen LogP contribution >= 0.6 is 23.5 Å². The summed E-state index contributed by atoms with van der Waals surface area (Å²) < 4.78 is 1.21. The number of likely N-dealkylation sites (tertiary alicyclic amines) is 1. The lowest BCUT2D eigenvalue weighted by molar-refractivity contribution is -0.153. The zero-order valence-electron chi connectivity index (χ0n) is 17.4. The van der Waals surface area contributed by atoms with Crippen molar-refractivity contribution in [3.63, 3.8) is 0 Å². The molecule has 2 saturated heterocycles. The van der Waals surface area contributed by atoms with Gasteiger partial charge in [0, 0.05) is 29.6 Å². The normalized spacial score (nSPS) is 32.3. The molecule has 1 aromatic rings. The van der Waals surface area contributed by atoms with Crippen molar-refractivity contribution in [2.45, 2.75) is 62.3 Å². The van der Waals surface area contributed by atoms with E-state index in [1.54, 1.807) is 11.8 Å². The Hall–Kier alpha value is -1.28. The number of thioether (sulfide) groups is 2. The maximum Gasteiger partial charge on any atom is 0.236 e. The van der Waals surface area contributed by atoms with Crippen molar-refractivity contribution in [2.24, 2.45) is 5.92 Å². The van der Waals surface area contributed by atoms with Crippen LogP contribution < -0.4 is 0 Å². The lowest BCUT2D eigenvalue weighted by Crippen LogP contribution is -2.60. The number of carbonyl (C=O) groups excluding carboxylic acids is 2. The van der Waals surface area contributed by atoms with Crippen molar-refractivity contribution in [1.29, 1.82) is 0 Å². The van der Waals surface area contributed by atoms with Gasteiger partial charge in [-0.05, 0) is 38.2 Å². The first-order chi connectivity index (χ1) is 14.5. The highest BCUT2D eigenvalue weighted by Crippen LogP contribution is 2.55. The highest BCUT2D eigenvalue weighted by molar-refractivity contribution is 8.23. The van der Waals surface area contributed by atoms with Crippen LogP contribution in [0.3, 0.4) is 0 Å². The Morgan fingerprint density at radius 3 is 2.87 bits per heavy atom. The summed E-state index contributed by atoms with van der Waals surface area (Å²) in [6.45, 7) is 5.82. The first kappa shape index (κ1) is 20.6. The summed E-state index contributed by atoms with van der Waals surface area (Å²) in [6.07, 6.45) is 3.00. The minimum absolute atomic E-state index is 0.00222. The maximum atomic E-state index is 13.0. The van der Waals surface area contributed by atoms with Crippen LogP contribution in [-0.2, 0) is 11.2 Å². The van der Waals surface area contributed by atoms with E-state index in [0.29, 0.717) is 11.7 Å². The minimum atomic E-state index is -0.550. The molecule has 0 saturated carbocycles. The van der Waals surface area contributed by atoms with Crippen LogP contribution in [0.15, 0.2) is 34.2 Å². The summed E-state index contributed by atoms with van der Waals surface area (Å²) in [5.41, 5.74) is 3.13. The van der Waals surface area contributed by atoms with Gasteiger partial charge in [-0.25, -0.2) is 0 Å². The predicted octanol–water partition coefficient (Wildman–Crippen LogP) is 3.48. The van der Waals surface area contributed by atoms with Crippen LogP contribution in [-0.4, -0.2) is 62.5 Å². The zero-order valence-corrected chi connectivity index (χ0v) is 19.0. The van der Waals surface area contributed by atoms with Crippen LogP contribution in [0.4, 0.5) is 0 Å². The third-order valence-corrected chi connectivity index (χ3v) is 10.0.